The van der Waals surface area contributed by atoms with Crippen LogP contribution in [0.4, 0.5) is 16.3 Å². The molecule has 1 saturated heterocycles. The van der Waals surface area contributed by atoms with E-state index in [1.165, 1.54) is 0 Å². The zero-order chi connectivity index (χ0) is 24.6. The van der Waals surface area contributed by atoms with Gasteiger partial charge in [0.05, 0.1) is 24.1 Å². The van der Waals surface area contributed by atoms with Crippen molar-refractivity contribution in [2.24, 2.45) is 0 Å². The van der Waals surface area contributed by atoms with Crippen LogP contribution in [0.5, 0.6) is 5.75 Å². The topological polar surface area (TPSA) is 86.8 Å². The van der Waals surface area contributed by atoms with Crippen LogP contribution >= 0.6 is 11.6 Å². The number of piperazine rings is 1. The molecule has 0 aliphatic carbocycles. The molecule has 0 spiro atoms. The molecule has 9 heteroatoms. The maximum absolute atomic E-state index is 12.7. The Morgan fingerprint density at radius 2 is 1.74 bits per heavy atom. The maximum atomic E-state index is 12.7. The van der Waals surface area contributed by atoms with E-state index in [2.05, 4.69) is 20.5 Å². The van der Waals surface area contributed by atoms with Gasteiger partial charge in [-0.25, -0.2) is 9.78 Å². The quantitative estimate of drug-likeness (QED) is 0.509. The van der Waals surface area contributed by atoms with Gasteiger partial charge in [-0.05, 0) is 48.9 Å². The first kappa shape index (κ1) is 24.3. The van der Waals surface area contributed by atoms with Crippen LogP contribution in [-0.2, 0) is 6.54 Å². The molecule has 35 heavy (non-hydrogen) atoms. The smallest absolute Gasteiger partial charge is 0.317 e. The summed E-state index contributed by atoms with van der Waals surface area (Å²) < 4.78 is 5.54. The van der Waals surface area contributed by atoms with Crippen molar-refractivity contribution in [3.63, 3.8) is 0 Å². The molecule has 2 heterocycles. The van der Waals surface area contributed by atoms with E-state index in [-0.39, 0.29) is 11.9 Å². The number of para-hydroxylation sites is 1. The number of hydrogen-bond donors (Lipinski definition) is 2. The third-order valence-electron chi connectivity index (χ3n) is 5.69. The average molecular weight is 494 g/mol. The second-order valence-corrected chi connectivity index (χ2v) is 8.48. The lowest BCUT2D eigenvalue weighted by atomic mass is 10.2. The first-order valence-corrected chi connectivity index (χ1v) is 11.9. The lowest BCUT2D eigenvalue weighted by Crippen LogP contribution is -2.51. The van der Waals surface area contributed by atoms with Gasteiger partial charge in [0.2, 0.25) is 0 Å². The summed E-state index contributed by atoms with van der Waals surface area (Å²) in [5.41, 5.74) is 2.08. The van der Waals surface area contributed by atoms with Crippen LogP contribution in [-0.4, -0.2) is 54.6 Å². The number of carbonyl (C=O) groups excluding carboxylic acids is 2. The molecule has 3 aromatic rings. The number of nitrogens with one attached hydrogen (secondary N) is 2. The zero-order valence-electron chi connectivity index (χ0n) is 19.5. The zero-order valence-corrected chi connectivity index (χ0v) is 20.3. The molecule has 1 aliphatic rings. The number of aromatic nitrogens is 1. The Labute approximate surface area is 209 Å². The fourth-order valence-electron chi connectivity index (χ4n) is 3.81. The molecule has 0 saturated carbocycles. The van der Waals surface area contributed by atoms with E-state index in [1.54, 1.807) is 29.3 Å². The predicted octanol–water partition coefficient (Wildman–Crippen LogP) is 4.42. The standard InChI is InChI=1S/C26H28ClN5O3/c1-2-35-23-6-4-3-5-22(23)25(33)30-21-11-12-24(28-18-21)31-13-15-32(16-14-31)26(34)29-17-19-7-9-20(27)10-8-19/h3-12,18H,2,13-17H2,1H3,(H,29,34)(H,30,33). The summed E-state index contributed by atoms with van der Waals surface area (Å²) >= 11 is 5.90. The van der Waals surface area contributed by atoms with Gasteiger partial charge in [0.1, 0.15) is 11.6 Å². The molecule has 0 radical (unpaired) electrons. The fraction of sp³-hybridized carbons (Fsp3) is 0.269. The number of benzene rings is 2. The van der Waals surface area contributed by atoms with Crippen LogP contribution in [0.25, 0.3) is 0 Å². The number of anilines is 2. The van der Waals surface area contributed by atoms with Crippen LogP contribution in [0.15, 0.2) is 66.9 Å². The van der Waals surface area contributed by atoms with Crippen molar-refractivity contribution in [3.05, 3.63) is 83.0 Å². The van der Waals surface area contributed by atoms with Gasteiger partial charge in [0.15, 0.2) is 0 Å². The summed E-state index contributed by atoms with van der Waals surface area (Å²) in [5.74, 6) is 1.10. The van der Waals surface area contributed by atoms with Crippen molar-refractivity contribution in [3.8, 4) is 5.75 Å². The Hall–Kier alpha value is -3.78. The molecule has 0 atom stereocenters. The number of pyridine rings is 1. The summed E-state index contributed by atoms with van der Waals surface area (Å²) in [6.07, 6.45) is 1.64. The summed E-state index contributed by atoms with van der Waals surface area (Å²) in [6.45, 7) is 5.37. The Bertz CT molecular complexity index is 1150. The number of carbonyl (C=O) groups is 2. The van der Waals surface area contributed by atoms with Crippen LogP contribution in [0.3, 0.4) is 0 Å². The number of urea groups is 1. The van der Waals surface area contributed by atoms with Crippen LogP contribution in [0, 0.1) is 0 Å². The lowest BCUT2D eigenvalue weighted by molar-refractivity contribution is 0.102. The van der Waals surface area contributed by atoms with Crippen LogP contribution in [0.1, 0.15) is 22.8 Å². The Kier molecular flexibility index (Phi) is 8.05. The van der Waals surface area contributed by atoms with Gasteiger partial charge in [0, 0.05) is 37.7 Å². The van der Waals surface area contributed by atoms with Crippen molar-refractivity contribution < 1.29 is 14.3 Å². The van der Waals surface area contributed by atoms with Crippen LogP contribution in [0.2, 0.25) is 5.02 Å². The molecule has 1 fully saturated rings. The lowest BCUT2D eigenvalue weighted by Gasteiger charge is -2.35. The monoisotopic (exact) mass is 493 g/mol. The number of hydrogen-bond acceptors (Lipinski definition) is 5. The fourth-order valence-corrected chi connectivity index (χ4v) is 3.94. The molecule has 1 aliphatic heterocycles. The van der Waals surface area contributed by atoms with E-state index < -0.39 is 0 Å². The first-order chi connectivity index (χ1) is 17.0. The predicted molar refractivity (Wildman–Crippen MR) is 137 cm³/mol. The summed E-state index contributed by atoms with van der Waals surface area (Å²) in [5, 5.41) is 6.50. The van der Waals surface area contributed by atoms with Crippen molar-refractivity contribution in [2.45, 2.75) is 13.5 Å². The summed E-state index contributed by atoms with van der Waals surface area (Å²) in [6, 6.07) is 18.2. The minimum Gasteiger partial charge on any atom is -0.493 e. The first-order valence-electron chi connectivity index (χ1n) is 11.5. The summed E-state index contributed by atoms with van der Waals surface area (Å²) in [7, 11) is 0. The normalized spacial score (nSPS) is 13.3. The summed E-state index contributed by atoms with van der Waals surface area (Å²) in [4.78, 5) is 33.6. The molecule has 2 aromatic carbocycles. The molecular weight excluding hydrogens is 466 g/mol. The largest absolute Gasteiger partial charge is 0.493 e. The second kappa shape index (κ2) is 11.6. The van der Waals surface area contributed by atoms with E-state index in [9.17, 15) is 9.59 Å². The molecular formula is C26H28ClN5O3. The minimum atomic E-state index is -0.248. The Morgan fingerprint density at radius 3 is 2.43 bits per heavy atom. The molecule has 3 amide bonds. The number of halogens is 1. The minimum absolute atomic E-state index is 0.0852. The van der Waals surface area contributed by atoms with Gasteiger partial charge >= 0.3 is 6.03 Å². The number of ether oxygens (including phenoxy) is 1. The SMILES string of the molecule is CCOc1ccccc1C(=O)Nc1ccc(N2CCN(C(=O)NCc3ccc(Cl)cc3)CC2)nc1. The van der Waals surface area contributed by atoms with Gasteiger partial charge < -0.3 is 25.2 Å². The van der Waals surface area contributed by atoms with Gasteiger partial charge in [-0.3, -0.25) is 4.79 Å². The van der Waals surface area contributed by atoms with E-state index in [0.717, 1.165) is 11.4 Å². The molecule has 4 rings (SSSR count). The van der Waals surface area contributed by atoms with Gasteiger partial charge in [0.25, 0.3) is 5.91 Å². The van der Waals surface area contributed by atoms with E-state index in [4.69, 9.17) is 16.3 Å². The third-order valence-corrected chi connectivity index (χ3v) is 5.94. The molecule has 0 unspecified atom stereocenters. The maximum Gasteiger partial charge on any atom is 0.317 e. The van der Waals surface area contributed by atoms with Crippen LogP contribution < -0.4 is 20.3 Å². The van der Waals surface area contributed by atoms with E-state index in [0.29, 0.717) is 61.4 Å². The number of amides is 3. The highest BCUT2D eigenvalue weighted by Crippen LogP contribution is 2.21. The highest BCUT2D eigenvalue weighted by molar-refractivity contribution is 6.30. The number of rotatable bonds is 7. The second-order valence-electron chi connectivity index (χ2n) is 8.05. The molecule has 1 aromatic heterocycles. The third kappa shape index (κ3) is 6.42. The van der Waals surface area contributed by atoms with Crippen molar-refractivity contribution >= 4 is 35.0 Å². The van der Waals surface area contributed by atoms with Gasteiger partial charge in [-0.15, -0.1) is 0 Å². The molecule has 2 N–H and O–H groups in total. The van der Waals surface area contributed by atoms with E-state index >= 15 is 0 Å². The van der Waals surface area contributed by atoms with Gasteiger partial charge in [-0.2, -0.15) is 0 Å². The number of nitrogens with zero attached hydrogens (tertiary/aromatic N) is 3. The Balaban J connectivity index is 1.27. The van der Waals surface area contributed by atoms with Crippen molar-refractivity contribution in [2.75, 3.05) is 43.0 Å². The average Bonchev–Trinajstić information content (AvgIpc) is 2.89. The van der Waals surface area contributed by atoms with Crippen molar-refractivity contribution in [1.82, 2.24) is 15.2 Å². The molecule has 8 nitrogen and oxygen atoms in total. The molecule has 0 bridgehead atoms. The molecule has 182 valence electrons. The highest BCUT2D eigenvalue weighted by atomic mass is 35.5. The van der Waals surface area contributed by atoms with E-state index in [1.807, 2.05) is 49.4 Å². The van der Waals surface area contributed by atoms with Gasteiger partial charge in [-0.1, -0.05) is 35.9 Å². The van der Waals surface area contributed by atoms with Crippen molar-refractivity contribution in [1.29, 1.82) is 0 Å². The Morgan fingerprint density at radius 1 is 1.00 bits per heavy atom. The highest BCUT2D eigenvalue weighted by Gasteiger charge is 2.22.